The fourth-order valence-corrected chi connectivity index (χ4v) is 3.42. The van der Waals surface area contributed by atoms with Gasteiger partial charge in [0.15, 0.2) is 4.34 Å². The van der Waals surface area contributed by atoms with Gasteiger partial charge < -0.3 is 5.32 Å². The topological polar surface area (TPSA) is 68.5 Å². The molecule has 8 heteroatoms. The first-order chi connectivity index (χ1) is 10.2. The van der Waals surface area contributed by atoms with Gasteiger partial charge in [-0.2, -0.15) is 5.10 Å². The highest BCUT2D eigenvalue weighted by Gasteiger charge is 2.07. The van der Waals surface area contributed by atoms with E-state index in [1.165, 1.54) is 16.9 Å². The van der Waals surface area contributed by atoms with E-state index in [0.29, 0.717) is 0 Å². The largest absolute Gasteiger partial charge is 0.330 e. The molecule has 0 unspecified atom stereocenters. The first kappa shape index (κ1) is 14.0. The molecule has 0 bridgehead atoms. The van der Waals surface area contributed by atoms with Gasteiger partial charge in [0.2, 0.25) is 5.13 Å². The van der Waals surface area contributed by atoms with Crippen LogP contribution < -0.4 is 5.32 Å². The molecule has 0 radical (unpaired) electrons. The number of aromatic nitrogens is 5. The Kier molecular flexibility index (Phi) is 4.16. The molecule has 21 heavy (non-hydrogen) atoms. The monoisotopic (exact) mass is 318 g/mol. The Bertz CT molecular complexity index is 718. The normalized spacial score (nSPS) is 10.8. The number of nitrogens with zero attached hydrogens (tertiary/aromatic N) is 5. The first-order valence-corrected chi connectivity index (χ1v) is 8.14. The molecule has 1 N–H and O–H groups in total. The van der Waals surface area contributed by atoms with E-state index in [9.17, 15) is 0 Å². The van der Waals surface area contributed by atoms with Gasteiger partial charge in [-0.3, -0.25) is 4.68 Å². The summed E-state index contributed by atoms with van der Waals surface area (Å²) in [7, 11) is 1.88. The van der Waals surface area contributed by atoms with Crippen molar-refractivity contribution in [3.8, 4) is 0 Å². The molecule has 0 spiro atoms. The number of hydrogen-bond donors (Lipinski definition) is 1. The van der Waals surface area contributed by atoms with Crippen molar-refractivity contribution in [2.45, 2.75) is 17.0 Å². The van der Waals surface area contributed by atoms with Crippen molar-refractivity contribution in [3.63, 3.8) is 0 Å². The van der Waals surface area contributed by atoms with E-state index in [4.69, 9.17) is 0 Å². The maximum absolute atomic E-state index is 4.19. The van der Waals surface area contributed by atoms with E-state index in [1.54, 1.807) is 22.8 Å². The third-order valence-corrected chi connectivity index (χ3v) is 4.81. The fourth-order valence-electron chi connectivity index (χ4n) is 1.66. The molecule has 3 rings (SSSR count). The van der Waals surface area contributed by atoms with Crippen LogP contribution in [-0.2, 0) is 12.8 Å². The van der Waals surface area contributed by atoms with E-state index in [0.717, 1.165) is 26.7 Å². The van der Waals surface area contributed by atoms with Gasteiger partial charge >= 0.3 is 0 Å². The summed E-state index contributed by atoms with van der Waals surface area (Å²) in [6.07, 6.45) is 1.56. The van der Waals surface area contributed by atoms with E-state index >= 15 is 0 Å². The van der Waals surface area contributed by atoms with Gasteiger partial charge in [-0.15, -0.1) is 10.2 Å². The van der Waals surface area contributed by atoms with Crippen molar-refractivity contribution in [1.29, 1.82) is 0 Å². The van der Waals surface area contributed by atoms with Gasteiger partial charge in [0.05, 0.1) is 5.75 Å². The highest BCUT2D eigenvalue weighted by atomic mass is 32.2. The minimum Gasteiger partial charge on any atom is -0.330 e. The Morgan fingerprint density at radius 1 is 1.24 bits per heavy atom. The molecule has 1 aromatic carbocycles. The Hall–Kier alpha value is -1.93. The molecule has 2 heterocycles. The molecule has 108 valence electrons. The summed E-state index contributed by atoms with van der Waals surface area (Å²) in [5, 5.41) is 16.4. The van der Waals surface area contributed by atoms with Crippen molar-refractivity contribution >= 4 is 33.9 Å². The quantitative estimate of drug-likeness (QED) is 0.729. The van der Waals surface area contributed by atoms with Gasteiger partial charge in [0.25, 0.3) is 0 Å². The van der Waals surface area contributed by atoms with Gasteiger partial charge in [-0.1, -0.05) is 40.8 Å². The van der Waals surface area contributed by atoms with Crippen molar-refractivity contribution in [2.75, 3.05) is 5.32 Å². The van der Waals surface area contributed by atoms with E-state index in [-0.39, 0.29) is 0 Å². The van der Waals surface area contributed by atoms with Gasteiger partial charge in [0.1, 0.15) is 12.2 Å². The molecular formula is C13H14N6S2. The maximum atomic E-state index is 4.19. The molecule has 0 atom stereocenters. The minimum atomic E-state index is 0.732. The van der Waals surface area contributed by atoms with Crippen LogP contribution in [0.3, 0.4) is 0 Å². The average Bonchev–Trinajstić information content (AvgIpc) is 3.08. The Morgan fingerprint density at radius 3 is 2.76 bits per heavy atom. The smallest absolute Gasteiger partial charge is 0.210 e. The minimum absolute atomic E-state index is 0.732. The van der Waals surface area contributed by atoms with Crippen LogP contribution in [0, 0.1) is 6.92 Å². The van der Waals surface area contributed by atoms with Crippen LogP contribution in [0.25, 0.3) is 0 Å². The van der Waals surface area contributed by atoms with Crippen LogP contribution in [0.4, 0.5) is 10.8 Å². The van der Waals surface area contributed by atoms with Crippen LogP contribution in [0.2, 0.25) is 0 Å². The number of benzene rings is 1. The molecular weight excluding hydrogens is 304 g/mol. The van der Waals surface area contributed by atoms with Gasteiger partial charge in [-0.05, 0) is 19.1 Å². The Labute approximate surface area is 130 Å². The Balaban J connectivity index is 1.61. The third kappa shape index (κ3) is 3.59. The lowest BCUT2D eigenvalue weighted by Gasteiger charge is -2.01. The molecule has 0 saturated heterocycles. The predicted molar refractivity (Wildman–Crippen MR) is 84.9 cm³/mol. The highest BCUT2D eigenvalue weighted by molar-refractivity contribution is 8.00. The molecule has 3 aromatic rings. The molecule has 0 saturated carbocycles. The van der Waals surface area contributed by atoms with Crippen LogP contribution >= 0.6 is 23.1 Å². The lowest BCUT2D eigenvalue weighted by atomic mass is 10.2. The molecule has 2 aromatic heterocycles. The summed E-state index contributed by atoms with van der Waals surface area (Å²) in [5.74, 6) is 1.65. The molecule has 0 aliphatic carbocycles. The number of hydrogen-bond acceptors (Lipinski definition) is 7. The van der Waals surface area contributed by atoms with Crippen LogP contribution in [-0.4, -0.2) is 25.0 Å². The summed E-state index contributed by atoms with van der Waals surface area (Å²) < 4.78 is 2.67. The zero-order valence-corrected chi connectivity index (χ0v) is 13.3. The van der Waals surface area contributed by atoms with Gasteiger partial charge in [-0.25, -0.2) is 4.98 Å². The highest BCUT2D eigenvalue weighted by Crippen LogP contribution is 2.29. The molecule has 0 amide bonds. The lowest BCUT2D eigenvalue weighted by Crippen LogP contribution is -1.97. The zero-order chi connectivity index (χ0) is 14.7. The number of thioether (sulfide) groups is 1. The van der Waals surface area contributed by atoms with Crippen LogP contribution in [0.1, 0.15) is 11.4 Å². The van der Waals surface area contributed by atoms with Crippen molar-refractivity contribution in [3.05, 3.63) is 42.0 Å². The van der Waals surface area contributed by atoms with E-state index in [2.05, 4.69) is 44.7 Å². The SMILES string of the molecule is Cc1ccc(Nc2nnc(SCc3ncnn3C)s2)cc1. The summed E-state index contributed by atoms with van der Waals surface area (Å²) >= 11 is 3.14. The maximum Gasteiger partial charge on any atom is 0.210 e. The van der Waals surface area contributed by atoms with Crippen LogP contribution in [0.15, 0.2) is 34.9 Å². The predicted octanol–water partition coefficient (Wildman–Crippen LogP) is 3.01. The second kappa shape index (κ2) is 6.23. The lowest BCUT2D eigenvalue weighted by molar-refractivity contribution is 0.730. The third-order valence-electron chi connectivity index (χ3n) is 2.84. The average molecular weight is 318 g/mol. The molecule has 0 fully saturated rings. The van der Waals surface area contributed by atoms with Crippen molar-refractivity contribution in [1.82, 2.24) is 25.0 Å². The number of nitrogens with one attached hydrogen (secondary N) is 1. The second-order valence-electron chi connectivity index (χ2n) is 4.45. The fraction of sp³-hybridized carbons (Fsp3) is 0.231. The molecule has 0 aliphatic heterocycles. The summed E-state index contributed by atoms with van der Waals surface area (Å²) in [6, 6.07) is 8.19. The first-order valence-electron chi connectivity index (χ1n) is 6.33. The summed E-state index contributed by atoms with van der Waals surface area (Å²) in [6.45, 7) is 2.07. The number of rotatable bonds is 5. The van der Waals surface area contributed by atoms with Crippen molar-refractivity contribution in [2.24, 2.45) is 7.05 Å². The van der Waals surface area contributed by atoms with Crippen LogP contribution in [0.5, 0.6) is 0 Å². The van der Waals surface area contributed by atoms with E-state index in [1.807, 2.05) is 19.2 Å². The standard InChI is InChI=1S/C13H14N6S2/c1-9-3-5-10(6-4-9)16-12-17-18-13(21-12)20-7-11-14-8-15-19(11)2/h3-6,8H,7H2,1-2H3,(H,16,17). The Morgan fingerprint density at radius 2 is 2.05 bits per heavy atom. The van der Waals surface area contributed by atoms with Crippen molar-refractivity contribution < 1.29 is 0 Å². The number of anilines is 2. The zero-order valence-electron chi connectivity index (χ0n) is 11.6. The molecule has 6 nitrogen and oxygen atoms in total. The summed E-state index contributed by atoms with van der Waals surface area (Å²) in [4.78, 5) is 4.19. The van der Waals surface area contributed by atoms with E-state index < -0.39 is 0 Å². The molecule has 0 aliphatic rings. The summed E-state index contributed by atoms with van der Waals surface area (Å²) in [5.41, 5.74) is 2.25. The second-order valence-corrected chi connectivity index (χ2v) is 6.65. The number of aryl methyl sites for hydroxylation is 2. The van der Waals surface area contributed by atoms with Gasteiger partial charge in [0, 0.05) is 12.7 Å².